The van der Waals surface area contributed by atoms with Crippen LogP contribution < -0.4 is 4.90 Å². The Hall–Kier alpha value is -2.64. The van der Waals surface area contributed by atoms with Crippen molar-refractivity contribution in [2.24, 2.45) is 0 Å². The summed E-state index contributed by atoms with van der Waals surface area (Å²) in [6.07, 6.45) is 1.83. The zero-order valence-electron chi connectivity index (χ0n) is 14.0. The third-order valence-corrected chi connectivity index (χ3v) is 4.52. The number of hydrogen-bond acceptors (Lipinski definition) is 5. The zero-order chi connectivity index (χ0) is 16.9. The smallest absolute Gasteiger partial charge is 0.216 e. The van der Waals surface area contributed by atoms with Gasteiger partial charge in [0.2, 0.25) is 5.82 Å². The zero-order valence-corrected chi connectivity index (χ0v) is 14.0. The molecule has 0 unspecified atom stereocenters. The quantitative estimate of drug-likeness (QED) is 0.716. The summed E-state index contributed by atoms with van der Waals surface area (Å²) in [5, 5.41) is 12.6. The average molecular weight is 337 g/mol. The number of rotatable bonds is 5. The molecule has 1 saturated heterocycles. The van der Waals surface area contributed by atoms with Gasteiger partial charge in [0.25, 0.3) is 0 Å². The van der Waals surface area contributed by atoms with Crippen LogP contribution in [0.1, 0.15) is 23.1 Å². The van der Waals surface area contributed by atoms with Crippen LogP contribution in [0.2, 0.25) is 0 Å². The van der Waals surface area contributed by atoms with Gasteiger partial charge in [0, 0.05) is 6.20 Å². The Kier molecular flexibility index (Phi) is 4.76. The maximum absolute atomic E-state index is 5.53. The highest BCUT2D eigenvalue weighted by Gasteiger charge is 2.33. The maximum atomic E-state index is 5.53. The van der Waals surface area contributed by atoms with E-state index in [1.54, 1.807) is 0 Å². The van der Waals surface area contributed by atoms with E-state index in [0.29, 0.717) is 6.54 Å². The van der Waals surface area contributed by atoms with Crippen LogP contribution in [0.15, 0.2) is 54.7 Å². The fraction of sp³-hybridized carbons (Fsp3) is 0.333. The normalized spacial score (nSPS) is 16.6. The maximum Gasteiger partial charge on any atom is 0.216 e. The van der Waals surface area contributed by atoms with E-state index in [2.05, 4.69) is 38.7 Å². The van der Waals surface area contributed by atoms with E-state index in [4.69, 9.17) is 4.74 Å². The highest BCUT2D eigenvalue weighted by molar-refractivity contribution is 5.17. The Balaban J connectivity index is 1.69. The monoisotopic (exact) mass is 337 g/mol. The van der Waals surface area contributed by atoms with Crippen molar-refractivity contribution >= 4 is 0 Å². The number of ether oxygens (including phenoxy) is 1. The van der Waals surface area contributed by atoms with Crippen molar-refractivity contribution in [1.29, 1.82) is 0 Å². The number of aromatic nitrogens is 5. The molecule has 7 nitrogen and oxygen atoms in total. The highest BCUT2D eigenvalue weighted by atomic mass is 16.5. The van der Waals surface area contributed by atoms with Crippen molar-refractivity contribution in [2.45, 2.75) is 12.6 Å². The molecule has 7 heteroatoms. The number of nitrogens with one attached hydrogen (secondary N) is 1. The number of nitrogens with zero attached hydrogens (tertiary/aromatic N) is 5. The molecule has 0 aliphatic carbocycles. The van der Waals surface area contributed by atoms with Gasteiger partial charge in [0.1, 0.15) is 18.8 Å². The van der Waals surface area contributed by atoms with Gasteiger partial charge in [0.05, 0.1) is 19.8 Å². The van der Waals surface area contributed by atoms with E-state index in [1.165, 1.54) is 10.5 Å². The van der Waals surface area contributed by atoms with Crippen LogP contribution >= 0.6 is 0 Å². The lowest BCUT2D eigenvalue weighted by atomic mass is 10.1. The molecule has 4 rings (SSSR count). The lowest BCUT2D eigenvalue weighted by molar-refractivity contribution is -0.934. The molecule has 3 aromatic rings. The molecular formula is C18H21N6O+. The van der Waals surface area contributed by atoms with Gasteiger partial charge in [-0.3, -0.25) is 4.98 Å². The molecular weight excluding hydrogens is 316 g/mol. The molecule has 0 saturated carbocycles. The predicted molar refractivity (Wildman–Crippen MR) is 91.0 cm³/mol. The molecule has 25 heavy (non-hydrogen) atoms. The van der Waals surface area contributed by atoms with Crippen molar-refractivity contribution in [1.82, 2.24) is 25.2 Å². The van der Waals surface area contributed by atoms with E-state index in [9.17, 15) is 0 Å². The van der Waals surface area contributed by atoms with Crippen LogP contribution in [0.4, 0.5) is 0 Å². The van der Waals surface area contributed by atoms with Crippen LogP contribution in [0, 0.1) is 0 Å². The number of benzene rings is 1. The van der Waals surface area contributed by atoms with Gasteiger partial charge in [-0.1, -0.05) is 36.4 Å². The molecule has 128 valence electrons. The molecule has 0 bridgehead atoms. The van der Waals surface area contributed by atoms with E-state index in [0.717, 1.165) is 37.8 Å². The molecule has 0 spiro atoms. The van der Waals surface area contributed by atoms with Crippen molar-refractivity contribution in [3.8, 4) is 0 Å². The lowest BCUT2D eigenvalue weighted by Crippen LogP contribution is -3.14. The lowest BCUT2D eigenvalue weighted by Gasteiger charge is -2.30. The van der Waals surface area contributed by atoms with Crippen molar-refractivity contribution in [3.63, 3.8) is 0 Å². The van der Waals surface area contributed by atoms with Crippen LogP contribution in [-0.4, -0.2) is 51.5 Å². The van der Waals surface area contributed by atoms with Crippen molar-refractivity contribution < 1.29 is 9.64 Å². The Labute approximate surface area is 146 Å². The first-order valence-corrected chi connectivity index (χ1v) is 8.55. The topological polar surface area (TPSA) is 70.2 Å². The standard InChI is InChI=1S/C18H20N6O/c1-2-6-15(7-3-1)14-24-18(20-21-22-24)17(16-8-4-5-9-19-16)23-10-12-25-13-11-23/h1-9,17H,10-14H2/p+1/t17-/m1/s1. The second-order valence-corrected chi connectivity index (χ2v) is 6.14. The third kappa shape index (κ3) is 3.57. The van der Waals surface area contributed by atoms with Gasteiger partial charge in [-0.05, 0) is 28.1 Å². The molecule has 0 radical (unpaired) electrons. The van der Waals surface area contributed by atoms with Crippen molar-refractivity contribution in [3.05, 3.63) is 71.8 Å². The summed E-state index contributed by atoms with van der Waals surface area (Å²) in [5.74, 6) is 0.847. The van der Waals surface area contributed by atoms with Gasteiger partial charge in [0.15, 0.2) is 6.04 Å². The second-order valence-electron chi connectivity index (χ2n) is 6.14. The van der Waals surface area contributed by atoms with Gasteiger partial charge in [-0.15, -0.1) is 5.10 Å². The molecule has 3 heterocycles. The Morgan fingerprint density at radius 3 is 2.60 bits per heavy atom. The van der Waals surface area contributed by atoms with Crippen LogP contribution in [0.25, 0.3) is 0 Å². The molecule has 1 fully saturated rings. The van der Waals surface area contributed by atoms with Gasteiger partial charge < -0.3 is 9.64 Å². The van der Waals surface area contributed by atoms with Gasteiger partial charge >= 0.3 is 0 Å². The average Bonchev–Trinajstić information content (AvgIpc) is 3.12. The van der Waals surface area contributed by atoms with Crippen LogP contribution in [0.5, 0.6) is 0 Å². The van der Waals surface area contributed by atoms with Crippen LogP contribution in [0.3, 0.4) is 0 Å². The number of pyridine rings is 1. The summed E-state index contributed by atoms with van der Waals surface area (Å²) in [6.45, 7) is 3.98. The number of morpholine rings is 1. The Bertz CT molecular complexity index is 786. The summed E-state index contributed by atoms with van der Waals surface area (Å²) in [5.41, 5.74) is 2.16. The molecule has 1 N–H and O–H groups in total. The Morgan fingerprint density at radius 2 is 1.84 bits per heavy atom. The molecule has 1 atom stereocenters. The predicted octanol–water partition coefficient (Wildman–Crippen LogP) is 0.121. The van der Waals surface area contributed by atoms with E-state index >= 15 is 0 Å². The largest absolute Gasteiger partial charge is 0.370 e. The minimum atomic E-state index is 0.00353. The highest BCUT2D eigenvalue weighted by Crippen LogP contribution is 2.16. The minimum Gasteiger partial charge on any atom is -0.370 e. The molecule has 0 amide bonds. The van der Waals surface area contributed by atoms with Crippen molar-refractivity contribution in [2.75, 3.05) is 26.3 Å². The fourth-order valence-electron chi connectivity index (χ4n) is 3.28. The Morgan fingerprint density at radius 1 is 1.04 bits per heavy atom. The van der Waals surface area contributed by atoms with Gasteiger partial charge in [-0.25, -0.2) is 4.68 Å². The molecule has 2 aromatic heterocycles. The summed E-state index contributed by atoms with van der Waals surface area (Å²) in [7, 11) is 0. The number of tetrazole rings is 1. The first-order valence-electron chi connectivity index (χ1n) is 8.55. The molecule has 1 aliphatic rings. The van der Waals surface area contributed by atoms with E-state index in [1.807, 2.05) is 41.2 Å². The SMILES string of the molecule is c1ccc(Cn2nnnc2[C@@H](c2ccccn2)[NH+]2CCOCC2)cc1. The van der Waals surface area contributed by atoms with Crippen LogP contribution in [-0.2, 0) is 11.3 Å². The summed E-state index contributed by atoms with van der Waals surface area (Å²) >= 11 is 0. The summed E-state index contributed by atoms with van der Waals surface area (Å²) in [6, 6.07) is 16.2. The van der Waals surface area contributed by atoms with Gasteiger partial charge in [-0.2, -0.15) is 0 Å². The number of quaternary nitrogens is 1. The fourth-order valence-corrected chi connectivity index (χ4v) is 3.28. The van der Waals surface area contributed by atoms with E-state index in [-0.39, 0.29) is 6.04 Å². The minimum absolute atomic E-state index is 0.00353. The second kappa shape index (κ2) is 7.50. The summed E-state index contributed by atoms with van der Waals surface area (Å²) < 4.78 is 7.42. The third-order valence-electron chi connectivity index (χ3n) is 4.52. The first-order chi connectivity index (χ1) is 12.4. The molecule has 1 aliphatic heterocycles. The first kappa shape index (κ1) is 15.9. The molecule has 1 aromatic carbocycles. The van der Waals surface area contributed by atoms with E-state index < -0.39 is 0 Å². The summed E-state index contributed by atoms with van der Waals surface area (Å²) in [4.78, 5) is 5.97. The number of hydrogen-bond donors (Lipinski definition) is 1.